The average Bonchev–Trinajstić information content (AvgIpc) is 1.53. The third-order valence-electron chi connectivity index (χ3n) is 17.7. The van der Waals surface area contributed by atoms with Crippen LogP contribution in [0, 0.1) is 0 Å². The molecule has 1 heterocycles. The van der Waals surface area contributed by atoms with Gasteiger partial charge < -0.3 is 4.42 Å². The minimum Gasteiger partial charge on any atom is -0.456 e. The topological polar surface area (TPSA) is 13.1 Å². The summed E-state index contributed by atoms with van der Waals surface area (Å²) in [7, 11) is 0. The van der Waals surface area contributed by atoms with Gasteiger partial charge in [0.25, 0.3) is 0 Å². The van der Waals surface area contributed by atoms with Crippen molar-refractivity contribution in [3.63, 3.8) is 0 Å². The zero-order valence-corrected chi connectivity index (χ0v) is 47.2. The summed E-state index contributed by atoms with van der Waals surface area (Å²) in [6.07, 6.45) is 0. The third-order valence-corrected chi connectivity index (χ3v) is 17.7. The van der Waals surface area contributed by atoms with Gasteiger partial charge in [-0.05, 0) is 212 Å². The molecule has 0 aliphatic heterocycles. The van der Waals surface area contributed by atoms with E-state index in [9.17, 15) is 0 Å². The van der Waals surface area contributed by atoms with E-state index in [0.29, 0.717) is 0 Å². The van der Waals surface area contributed by atoms with Gasteiger partial charge in [0.1, 0.15) is 11.2 Å². The molecular weight excluding hydrogens is 1040 g/mol. The monoisotopic (exact) mass is 1090 g/mol. The lowest BCUT2D eigenvalue weighted by atomic mass is 9.66. The smallest absolute Gasteiger partial charge is 0.136 e. The summed E-state index contributed by atoms with van der Waals surface area (Å²) in [6.45, 7) is 0. The minimum absolute atomic E-state index is 0.785. The molecule has 86 heavy (non-hydrogen) atoms. The number of furan rings is 1. The van der Waals surface area contributed by atoms with E-state index in [1.807, 2.05) is 0 Å². The second-order valence-corrected chi connectivity index (χ2v) is 22.7. The van der Waals surface area contributed by atoms with Gasteiger partial charge in [-0.25, -0.2) is 0 Å². The molecule has 0 amide bonds. The maximum atomic E-state index is 6.74. The molecule has 15 aromatic rings. The Morgan fingerprint density at radius 1 is 0.198 bits per heavy atom. The molecule has 0 saturated heterocycles. The van der Waals surface area contributed by atoms with Crippen molar-refractivity contribution < 1.29 is 4.42 Å². The van der Waals surface area contributed by atoms with Crippen molar-refractivity contribution in [3.8, 4) is 111 Å². The minimum atomic E-state index is -0.785. The van der Waals surface area contributed by atoms with Crippen LogP contribution in [0.1, 0.15) is 22.3 Å². The molecule has 402 valence electrons. The molecule has 1 heteroatoms. The first-order chi connectivity index (χ1) is 42.6. The van der Waals surface area contributed by atoms with Crippen LogP contribution in [0.2, 0.25) is 0 Å². The molecule has 1 aliphatic rings. The van der Waals surface area contributed by atoms with E-state index in [2.05, 4.69) is 340 Å². The average molecular weight is 1090 g/mol. The number of fused-ring (bicyclic) bond motifs is 7. The molecule has 0 unspecified atom stereocenters. The molecule has 1 nitrogen and oxygen atoms in total. The molecule has 0 atom stereocenters. The molecule has 0 saturated carbocycles. The van der Waals surface area contributed by atoms with Crippen LogP contribution in [0.3, 0.4) is 0 Å². The van der Waals surface area contributed by atoms with Gasteiger partial charge in [0, 0.05) is 10.8 Å². The lowest BCUT2D eigenvalue weighted by Gasteiger charge is -2.35. The normalized spacial score (nSPS) is 12.3. The van der Waals surface area contributed by atoms with Gasteiger partial charge in [0.2, 0.25) is 0 Å². The second kappa shape index (κ2) is 21.3. The molecule has 1 aliphatic carbocycles. The first-order valence-corrected chi connectivity index (χ1v) is 29.7. The Morgan fingerprint density at radius 2 is 0.523 bits per heavy atom. The summed E-state index contributed by atoms with van der Waals surface area (Å²) in [5, 5.41) is 2.25. The summed E-state index contributed by atoms with van der Waals surface area (Å²) in [4.78, 5) is 0. The van der Waals surface area contributed by atoms with Crippen molar-refractivity contribution in [2.75, 3.05) is 0 Å². The van der Waals surface area contributed by atoms with Gasteiger partial charge in [-0.1, -0.05) is 261 Å². The molecular formula is C85H56O. The molecule has 0 N–H and O–H groups in total. The molecule has 16 rings (SSSR count). The van der Waals surface area contributed by atoms with Crippen LogP contribution in [0.15, 0.2) is 344 Å². The van der Waals surface area contributed by atoms with Crippen molar-refractivity contribution in [3.05, 3.63) is 362 Å². The fourth-order valence-electron chi connectivity index (χ4n) is 13.6. The van der Waals surface area contributed by atoms with Crippen LogP contribution >= 0.6 is 0 Å². The largest absolute Gasteiger partial charge is 0.456 e. The van der Waals surface area contributed by atoms with Crippen LogP contribution in [-0.2, 0) is 5.41 Å². The molecule has 0 radical (unpaired) electrons. The van der Waals surface area contributed by atoms with Crippen LogP contribution in [0.25, 0.3) is 133 Å². The number of benzene rings is 14. The maximum Gasteiger partial charge on any atom is 0.136 e. The quantitative estimate of drug-likeness (QED) is 0.126. The number of hydrogen-bond donors (Lipinski definition) is 0. The first-order valence-electron chi connectivity index (χ1n) is 29.7. The highest BCUT2D eigenvalue weighted by Crippen LogP contribution is 2.60. The van der Waals surface area contributed by atoms with Crippen molar-refractivity contribution in [1.29, 1.82) is 0 Å². The fraction of sp³-hybridized carbons (Fsp3) is 0.0118. The van der Waals surface area contributed by atoms with E-state index in [4.69, 9.17) is 4.42 Å². The Bertz CT molecular complexity index is 4690. The van der Waals surface area contributed by atoms with Gasteiger partial charge in [-0.2, -0.15) is 0 Å². The maximum absolute atomic E-state index is 6.74. The van der Waals surface area contributed by atoms with E-state index in [-0.39, 0.29) is 0 Å². The summed E-state index contributed by atoms with van der Waals surface area (Å²) < 4.78 is 6.74. The lowest BCUT2D eigenvalue weighted by Crippen LogP contribution is -2.28. The van der Waals surface area contributed by atoms with Gasteiger partial charge in [-0.3, -0.25) is 0 Å². The number of para-hydroxylation sites is 1. The molecule has 0 fully saturated rings. The first kappa shape index (κ1) is 50.6. The summed E-state index contributed by atoms with van der Waals surface area (Å²) >= 11 is 0. The Balaban J connectivity index is 0.904. The van der Waals surface area contributed by atoms with Gasteiger partial charge in [-0.15, -0.1) is 0 Å². The molecule has 0 spiro atoms. The lowest BCUT2D eigenvalue weighted by molar-refractivity contribution is 0.668. The van der Waals surface area contributed by atoms with Gasteiger partial charge in [0.05, 0.1) is 5.41 Å². The number of rotatable bonds is 11. The zero-order valence-electron chi connectivity index (χ0n) is 47.2. The van der Waals surface area contributed by atoms with Crippen LogP contribution in [-0.4, -0.2) is 0 Å². The summed E-state index contributed by atoms with van der Waals surface area (Å²) in [6, 6.07) is 125. The van der Waals surface area contributed by atoms with Crippen LogP contribution in [0.5, 0.6) is 0 Å². The Morgan fingerprint density at radius 3 is 0.965 bits per heavy atom. The zero-order chi connectivity index (χ0) is 57.0. The highest BCUT2D eigenvalue weighted by molar-refractivity contribution is 6.16. The van der Waals surface area contributed by atoms with Crippen molar-refractivity contribution in [1.82, 2.24) is 0 Å². The van der Waals surface area contributed by atoms with Crippen LogP contribution < -0.4 is 0 Å². The van der Waals surface area contributed by atoms with Crippen LogP contribution in [0.4, 0.5) is 0 Å². The molecule has 1 aromatic heterocycles. The highest BCUT2D eigenvalue weighted by atomic mass is 16.3. The van der Waals surface area contributed by atoms with E-state index in [1.165, 1.54) is 100 Å². The Hall–Kier alpha value is -11.1. The molecule has 14 aromatic carbocycles. The van der Waals surface area contributed by atoms with E-state index >= 15 is 0 Å². The third kappa shape index (κ3) is 8.88. The van der Waals surface area contributed by atoms with Crippen molar-refractivity contribution in [2.45, 2.75) is 5.41 Å². The summed E-state index contributed by atoms with van der Waals surface area (Å²) in [5.74, 6) is 0. The Labute approximate surface area is 502 Å². The second-order valence-electron chi connectivity index (χ2n) is 22.7. The fourth-order valence-corrected chi connectivity index (χ4v) is 13.6. The van der Waals surface area contributed by atoms with E-state index < -0.39 is 5.41 Å². The molecule has 0 bridgehead atoms. The van der Waals surface area contributed by atoms with E-state index in [0.717, 1.165) is 55.3 Å². The predicted molar refractivity (Wildman–Crippen MR) is 360 cm³/mol. The standard InChI is InChI=1S/C85H56O/c1-6-22-57(23-7-1)68-42-43-77-80(56-68)85(79-44-45-82-84(83(77)79)78-40-16-17-41-81(78)86-82,75-38-20-36-66(54-75)62-32-18-34-64(46-62)73-50-69(58-24-8-2-9-25-58)48-70(51-73)59-26-10-3-11-27-59)76-39-21-37-67(55-76)63-33-19-35-65(47-63)74-52-71(60-28-12-4-13-29-60)49-72(53-74)61-30-14-5-15-31-61/h1-56H. The van der Waals surface area contributed by atoms with Gasteiger partial charge >= 0.3 is 0 Å². The Kier molecular flexibility index (Phi) is 12.5. The van der Waals surface area contributed by atoms with E-state index in [1.54, 1.807) is 0 Å². The SMILES string of the molecule is c1ccc(-c2cc(-c3ccccc3)cc(-c3cccc(-c4cccc(C5(c6cccc(-c7cccc(-c8cc(-c9ccccc9)cc(-c9ccccc9)c8)c7)c6)c6cc(-c7ccccc7)ccc6-c6c5ccc5oc7ccccc7c65)c4)c3)c2)cc1. The van der Waals surface area contributed by atoms with Crippen molar-refractivity contribution in [2.24, 2.45) is 0 Å². The van der Waals surface area contributed by atoms with Crippen molar-refractivity contribution >= 4 is 21.9 Å². The predicted octanol–water partition coefficient (Wildman–Crippen LogP) is 23.0. The van der Waals surface area contributed by atoms with Gasteiger partial charge in [0.15, 0.2) is 0 Å². The highest BCUT2D eigenvalue weighted by Gasteiger charge is 2.48. The number of hydrogen-bond acceptors (Lipinski definition) is 1. The summed E-state index contributed by atoms with van der Waals surface area (Å²) in [5.41, 5.74) is 29.3.